The number of benzene rings is 1. The van der Waals surface area contributed by atoms with E-state index in [0.717, 1.165) is 37.3 Å². The van der Waals surface area contributed by atoms with E-state index < -0.39 is 0 Å². The van der Waals surface area contributed by atoms with E-state index in [1.54, 1.807) is 4.68 Å². The third-order valence-electron chi connectivity index (χ3n) is 3.53. The van der Waals surface area contributed by atoms with Gasteiger partial charge in [-0.3, -0.25) is 4.79 Å². The highest BCUT2D eigenvalue weighted by Crippen LogP contribution is 2.11. The van der Waals surface area contributed by atoms with Crippen LogP contribution in [0, 0.1) is 6.92 Å². The highest BCUT2D eigenvalue weighted by Gasteiger charge is 2.16. The fourth-order valence-electron chi connectivity index (χ4n) is 2.65. The van der Waals surface area contributed by atoms with Crippen molar-refractivity contribution in [3.05, 3.63) is 40.4 Å². The summed E-state index contributed by atoms with van der Waals surface area (Å²) >= 11 is 0. The molecule has 1 aliphatic rings. The molecule has 0 radical (unpaired) electrons. The van der Waals surface area contributed by atoms with Gasteiger partial charge in [-0.05, 0) is 38.3 Å². The Bertz CT molecular complexity index is 626. The highest BCUT2D eigenvalue weighted by atomic mass is 16.1. The summed E-state index contributed by atoms with van der Waals surface area (Å²) < 4.78 is 1.75. The van der Waals surface area contributed by atoms with E-state index in [1.807, 2.05) is 31.2 Å². The topological polar surface area (TPSA) is 38.1 Å². The zero-order chi connectivity index (χ0) is 12.5. The second-order valence-electron chi connectivity index (χ2n) is 4.81. The molecule has 4 heteroatoms. The lowest BCUT2D eigenvalue weighted by atomic mass is 10.2. The molecular formula is C14H17N3O. The van der Waals surface area contributed by atoms with E-state index in [1.165, 1.54) is 6.42 Å². The fraction of sp³-hybridized carbons (Fsp3) is 0.429. The highest BCUT2D eigenvalue weighted by molar-refractivity contribution is 5.77. The van der Waals surface area contributed by atoms with E-state index in [4.69, 9.17) is 0 Å². The summed E-state index contributed by atoms with van der Waals surface area (Å²) in [5, 5.41) is 2.83. The Morgan fingerprint density at radius 2 is 1.83 bits per heavy atom. The molecule has 1 aliphatic heterocycles. The van der Waals surface area contributed by atoms with Crippen molar-refractivity contribution in [2.75, 3.05) is 18.1 Å². The van der Waals surface area contributed by atoms with Crippen molar-refractivity contribution in [3.8, 4) is 0 Å². The van der Waals surface area contributed by atoms with Crippen molar-refractivity contribution in [2.24, 2.45) is 0 Å². The van der Waals surface area contributed by atoms with Crippen molar-refractivity contribution < 1.29 is 0 Å². The molecule has 0 atom stereocenters. The molecule has 0 unspecified atom stereocenters. The summed E-state index contributed by atoms with van der Waals surface area (Å²) in [7, 11) is 0. The Hall–Kier alpha value is -1.84. The molecule has 0 amide bonds. The molecule has 2 aromatic rings. The molecule has 4 nitrogen and oxygen atoms in total. The smallest absolute Gasteiger partial charge is 0.280 e. The van der Waals surface area contributed by atoms with Gasteiger partial charge in [0.15, 0.2) is 0 Å². The second kappa shape index (κ2) is 4.44. The lowest BCUT2D eigenvalue weighted by Crippen LogP contribution is -2.46. The number of piperidine rings is 1. The van der Waals surface area contributed by atoms with Crippen LogP contribution < -0.4 is 10.6 Å². The first kappa shape index (κ1) is 11.3. The Balaban J connectivity index is 2.19. The Labute approximate surface area is 106 Å². The van der Waals surface area contributed by atoms with Gasteiger partial charge < -0.3 is 5.01 Å². The van der Waals surface area contributed by atoms with Gasteiger partial charge in [-0.2, -0.15) is 0 Å². The average molecular weight is 243 g/mol. The number of aryl methyl sites for hydroxylation is 1. The summed E-state index contributed by atoms with van der Waals surface area (Å²) in [5.74, 6) is 0.778. The summed E-state index contributed by atoms with van der Waals surface area (Å²) in [6.45, 7) is 3.80. The number of rotatable bonds is 1. The standard InChI is InChI=1S/C14H17N3O/c1-11-15-13-8-4-3-7-12(13)14(18)17(11)16-9-5-2-6-10-16/h3-4,7-8H,2,5-6,9-10H2,1H3. The average Bonchev–Trinajstić information content (AvgIpc) is 2.40. The molecule has 1 fully saturated rings. The predicted octanol–water partition coefficient (Wildman–Crippen LogP) is 1.83. The SMILES string of the molecule is Cc1nc2ccccc2c(=O)n1N1CCCCC1. The first-order valence-corrected chi connectivity index (χ1v) is 6.51. The molecule has 0 saturated carbocycles. The Morgan fingerprint density at radius 1 is 1.11 bits per heavy atom. The molecule has 1 saturated heterocycles. The lowest BCUT2D eigenvalue weighted by molar-refractivity contribution is 0.460. The summed E-state index contributed by atoms with van der Waals surface area (Å²) in [4.78, 5) is 17.1. The van der Waals surface area contributed by atoms with Crippen molar-refractivity contribution in [1.29, 1.82) is 0 Å². The number of hydrogen-bond acceptors (Lipinski definition) is 3. The molecule has 0 aliphatic carbocycles. The maximum Gasteiger partial charge on any atom is 0.280 e. The number of aromatic nitrogens is 2. The van der Waals surface area contributed by atoms with E-state index >= 15 is 0 Å². The zero-order valence-corrected chi connectivity index (χ0v) is 10.6. The molecule has 1 aromatic heterocycles. The van der Waals surface area contributed by atoms with Crippen LogP contribution in [0.5, 0.6) is 0 Å². The van der Waals surface area contributed by atoms with Gasteiger partial charge in [-0.25, -0.2) is 9.66 Å². The molecule has 0 N–H and O–H groups in total. The van der Waals surface area contributed by atoms with Crippen LogP contribution in [0.15, 0.2) is 29.1 Å². The van der Waals surface area contributed by atoms with E-state index in [0.29, 0.717) is 5.39 Å². The summed E-state index contributed by atoms with van der Waals surface area (Å²) in [5.41, 5.74) is 0.841. The van der Waals surface area contributed by atoms with E-state index in [2.05, 4.69) is 9.99 Å². The molecule has 2 heterocycles. The van der Waals surface area contributed by atoms with Crippen LogP contribution in [-0.2, 0) is 0 Å². The van der Waals surface area contributed by atoms with E-state index in [-0.39, 0.29) is 5.56 Å². The Morgan fingerprint density at radius 3 is 2.61 bits per heavy atom. The van der Waals surface area contributed by atoms with Crippen LogP contribution in [0.25, 0.3) is 10.9 Å². The van der Waals surface area contributed by atoms with Gasteiger partial charge in [0.2, 0.25) is 0 Å². The van der Waals surface area contributed by atoms with Gasteiger partial charge in [0, 0.05) is 13.1 Å². The van der Waals surface area contributed by atoms with Gasteiger partial charge in [0.25, 0.3) is 5.56 Å². The molecule has 0 bridgehead atoms. The predicted molar refractivity (Wildman–Crippen MR) is 72.5 cm³/mol. The third-order valence-corrected chi connectivity index (χ3v) is 3.53. The summed E-state index contributed by atoms with van der Waals surface area (Å²) in [6, 6.07) is 7.55. The first-order valence-electron chi connectivity index (χ1n) is 6.51. The quantitative estimate of drug-likeness (QED) is 0.767. The Kier molecular flexibility index (Phi) is 2.78. The van der Waals surface area contributed by atoms with E-state index in [9.17, 15) is 4.79 Å². The number of para-hydroxylation sites is 1. The molecule has 94 valence electrons. The minimum Gasteiger partial charge on any atom is -0.308 e. The fourth-order valence-corrected chi connectivity index (χ4v) is 2.65. The lowest BCUT2D eigenvalue weighted by Gasteiger charge is -2.31. The number of fused-ring (bicyclic) bond motifs is 1. The molecular weight excluding hydrogens is 226 g/mol. The van der Waals surface area contributed by atoms with Crippen LogP contribution in [-0.4, -0.2) is 22.7 Å². The van der Waals surface area contributed by atoms with Gasteiger partial charge >= 0.3 is 0 Å². The zero-order valence-electron chi connectivity index (χ0n) is 10.6. The third kappa shape index (κ3) is 1.78. The van der Waals surface area contributed by atoms with Gasteiger partial charge in [0.05, 0.1) is 10.9 Å². The van der Waals surface area contributed by atoms with Crippen molar-refractivity contribution in [1.82, 2.24) is 9.66 Å². The second-order valence-corrected chi connectivity index (χ2v) is 4.81. The molecule has 0 spiro atoms. The maximum atomic E-state index is 12.5. The monoisotopic (exact) mass is 243 g/mol. The largest absolute Gasteiger partial charge is 0.308 e. The summed E-state index contributed by atoms with van der Waals surface area (Å²) in [6.07, 6.45) is 3.56. The van der Waals surface area contributed by atoms with Crippen molar-refractivity contribution in [2.45, 2.75) is 26.2 Å². The minimum atomic E-state index is 0.0556. The van der Waals surface area contributed by atoms with Crippen LogP contribution in [0.2, 0.25) is 0 Å². The van der Waals surface area contributed by atoms with Gasteiger partial charge in [-0.1, -0.05) is 12.1 Å². The van der Waals surface area contributed by atoms with Gasteiger partial charge in [-0.15, -0.1) is 0 Å². The van der Waals surface area contributed by atoms with Gasteiger partial charge in [0.1, 0.15) is 5.82 Å². The first-order chi connectivity index (χ1) is 8.77. The van der Waals surface area contributed by atoms with Crippen molar-refractivity contribution >= 4 is 10.9 Å². The van der Waals surface area contributed by atoms with Crippen LogP contribution in [0.3, 0.4) is 0 Å². The normalized spacial score (nSPS) is 16.2. The van der Waals surface area contributed by atoms with Crippen LogP contribution >= 0.6 is 0 Å². The molecule has 1 aromatic carbocycles. The molecule has 3 rings (SSSR count). The van der Waals surface area contributed by atoms with Crippen LogP contribution in [0.4, 0.5) is 0 Å². The number of nitrogens with zero attached hydrogens (tertiary/aromatic N) is 3. The van der Waals surface area contributed by atoms with Crippen LogP contribution in [0.1, 0.15) is 25.1 Å². The number of hydrogen-bond donors (Lipinski definition) is 0. The van der Waals surface area contributed by atoms with Crippen molar-refractivity contribution in [3.63, 3.8) is 0 Å². The minimum absolute atomic E-state index is 0.0556. The maximum absolute atomic E-state index is 12.5. The molecule has 18 heavy (non-hydrogen) atoms.